The molecule has 2 rings (SSSR count). The van der Waals surface area contributed by atoms with E-state index in [2.05, 4.69) is 35.9 Å². The number of hydrogen-bond donors (Lipinski definition) is 1. The molecule has 0 bridgehead atoms. The van der Waals surface area contributed by atoms with Crippen LogP contribution in [0.1, 0.15) is 40.5 Å². The predicted octanol–water partition coefficient (Wildman–Crippen LogP) is 1.27. The summed E-state index contributed by atoms with van der Waals surface area (Å²) < 4.78 is 0. The topological polar surface area (TPSA) is 35.6 Å². The summed E-state index contributed by atoms with van der Waals surface area (Å²) in [6, 6.07) is 0.452. The highest BCUT2D eigenvalue weighted by molar-refractivity contribution is 5.84. The molecule has 1 N–H and O–H groups in total. The minimum absolute atomic E-state index is 0.0248. The van der Waals surface area contributed by atoms with Gasteiger partial charge >= 0.3 is 0 Å². The van der Waals surface area contributed by atoms with Gasteiger partial charge in [-0.1, -0.05) is 13.8 Å². The summed E-state index contributed by atoms with van der Waals surface area (Å²) in [5.41, 5.74) is 0. The number of carbonyl (C=O) groups is 1. The number of nitrogens with zero attached hydrogens (tertiary/aromatic N) is 2. The Hall–Kier alpha value is -0.610. The van der Waals surface area contributed by atoms with E-state index >= 15 is 0 Å². The second kappa shape index (κ2) is 5.57. The molecule has 3 unspecified atom stereocenters. The Morgan fingerprint density at radius 2 is 1.89 bits per heavy atom. The van der Waals surface area contributed by atoms with Crippen molar-refractivity contribution in [3.8, 4) is 0 Å². The van der Waals surface area contributed by atoms with Gasteiger partial charge in [0.1, 0.15) is 0 Å². The Kier molecular flexibility index (Phi) is 4.28. The van der Waals surface area contributed by atoms with Crippen LogP contribution in [-0.2, 0) is 4.79 Å². The van der Waals surface area contributed by atoms with Gasteiger partial charge in [-0.25, -0.2) is 0 Å². The summed E-state index contributed by atoms with van der Waals surface area (Å²) in [5, 5.41) is 3.41. The van der Waals surface area contributed by atoms with Crippen LogP contribution in [0.3, 0.4) is 0 Å². The highest BCUT2D eigenvalue weighted by atomic mass is 16.2. The third-order valence-electron chi connectivity index (χ3n) is 4.27. The van der Waals surface area contributed by atoms with Crippen molar-refractivity contribution in [3.05, 3.63) is 0 Å². The minimum Gasteiger partial charge on any atom is -0.324 e. The molecule has 2 fully saturated rings. The van der Waals surface area contributed by atoms with Crippen molar-refractivity contribution in [3.63, 3.8) is 0 Å². The van der Waals surface area contributed by atoms with E-state index < -0.39 is 0 Å². The number of rotatable bonds is 4. The zero-order valence-electron chi connectivity index (χ0n) is 12.1. The fraction of sp³-hybridized carbons (Fsp3) is 0.929. The number of carbonyl (C=O) groups excluding carboxylic acids is 1. The van der Waals surface area contributed by atoms with Crippen molar-refractivity contribution in [2.75, 3.05) is 19.6 Å². The number of amides is 1. The molecule has 0 aliphatic carbocycles. The quantitative estimate of drug-likeness (QED) is 0.819. The molecule has 2 aliphatic heterocycles. The summed E-state index contributed by atoms with van der Waals surface area (Å²) in [4.78, 5) is 16.8. The molecular weight excluding hydrogens is 226 g/mol. The summed E-state index contributed by atoms with van der Waals surface area (Å²) in [5.74, 6) is 0.726. The van der Waals surface area contributed by atoms with Crippen LogP contribution in [0.25, 0.3) is 0 Å². The molecule has 0 saturated carbocycles. The van der Waals surface area contributed by atoms with Crippen molar-refractivity contribution in [2.45, 2.75) is 58.8 Å². The highest BCUT2D eigenvalue weighted by Crippen LogP contribution is 2.20. The minimum atomic E-state index is -0.0248. The van der Waals surface area contributed by atoms with Crippen LogP contribution >= 0.6 is 0 Å². The normalized spacial score (nSPS) is 31.6. The van der Waals surface area contributed by atoms with Crippen LogP contribution in [-0.4, -0.2) is 53.6 Å². The van der Waals surface area contributed by atoms with Crippen LogP contribution in [0.15, 0.2) is 0 Å². The van der Waals surface area contributed by atoms with E-state index in [1.165, 1.54) is 25.9 Å². The van der Waals surface area contributed by atoms with Gasteiger partial charge < -0.3 is 4.90 Å². The van der Waals surface area contributed by atoms with Gasteiger partial charge in [0.15, 0.2) is 0 Å². The maximum absolute atomic E-state index is 12.2. The Bertz CT molecular complexity index is 299. The largest absolute Gasteiger partial charge is 0.324 e. The van der Waals surface area contributed by atoms with Gasteiger partial charge in [-0.05, 0) is 45.7 Å². The molecule has 2 aliphatic rings. The highest BCUT2D eigenvalue weighted by Gasteiger charge is 2.38. The predicted molar refractivity (Wildman–Crippen MR) is 73.2 cm³/mol. The molecule has 0 spiro atoms. The molecule has 0 aromatic heterocycles. The molecule has 1 amide bonds. The van der Waals surface area contributed by atoms with Crippen LogP contribution in [0, 0.1) is 5.92 Å². The van der Waals surface area contributed by atoms with Crippen LogP contribution in [0.5, 0.6) is 0 Å². The molecule has 2 heterocycles. The molecule has 0 aromatic carbocycles. The van der Waals surface area contributed by atoms with Gasteiger partial charge in [-0.15, -0.1) is 0 Å². The van der Waals surface area contributed by atoms with Crippen molar-refractivity contribution >= 4 is 5.91 Å². The van der Waals surface area contributed by atoms with Gasteiger partial charge in [-0.2, -0.15) is 0 Å². The van der Waals surface area contributed by atoms with E-state index in [-0.39, 0.29) is 18.1 Å². The molecule has 3 atom stereocenters. The third kappa shape index (κ3) is 2.69. The summed E-state index contributed by atoms with van der Waals surface area (Å²) >= 11 is 0. The van der Waals surface area contributed by atoms with E-state index in [9.17, 15) is 4.79 Å². The summed E-state index contributed by atoms with van der Waals surface area (Å²) in [6.45, 7) is 11.8. The molecule has 4 nitrogen and oxygen atoms in total. The van der Waals surface area contributed by atoms with Crippen molar-refractivity contribution in [1.29, 1.82) is 0 Å². The Balaban J connectivity index is 1.98. The zero-order chi connectivity index (χ0) is 13.3. The van der Waals surface area contributed by atoms with E-state index in [0.29, 0.717) is 12.0 Å². The maximum Gasteiger partial charge on any atom is 0.240 e. The average molecular weight is 253 g/mol. The molecule has 0 aromatic rings. The molecule has 2 saturated heterocycles. The average Bonchev–Trinajstić information content (AvgIpc) is 2.92. The van der Waals surface area contributed by atoms with E-state index in [0.717, 1.165) is 6.54 Å². The molecule has 104 valence electrons. The Labute approximate surface area is 111 Å². The third-order valence-corrected chi connectivity index (χ3v) is 4.27. The Morgan fingerprint density at radius 3 is 2.44 bits per heavy atom. The second-order valence-electron chi connectivity index (χ2n) is 6.16. The van der Waals surface area contributed by atoms with Gasteiger partial charge in [0, 0.05) is 12.6 Å². The van der Waals surface area contributed by atoms with Gasteiger partial charge in [-0.3, -0.25) is 15.0 Å². The zero-order valence-corrected chi connectivity index (χ0v) is 12.1. The maximum atomic E-state index is 12.2. The van der Waals surface area contributed by atoms with Gasteiger partial charge in [0.05, 0.1) is 12.2 Å². The molecule has 4 heteroatoms. The van der Waals surface area contributed by atoms with Crippen molar-refractivity contribution in [1.82, 2.24) is 15.1 Å². The van der Waals surface area contributed by atoms with Crippen LogP contribution in [0.4, 0.5) is 0 Å². The lowest BCUT2D eigenvalue weighted by molar-refractivity contribution is -0.131. The molecule has 18 heavy (non-hydrogen) atoms. The standard InChI is InChI=1S/C14H27N3O/c1-10(2)13-15-12(4)14(18)17(13)9-11(3)16-7-5-6-8-16/h10-13,15H,5-9H2,1-4H3. The number of hydrogen-bond acceptors (Lipinski definition) is 3. The fourth-order valence-corrected chi connectivity index (χ4v) is 3.14. The first kappa shape index (κ1) is 13.8. The first-order valence-electron chi connectivity index (χ1n) is 7.31. The van der Waals surface area contributed by atoms with E-state index in [1.54, 1.807) is 0 Å². The van der Waals surface area contributed by atoms with Crippen molar-refractivity contribution in [2.24, 2.45) is 5.92 Å². The smallest absolute Gasteiger partial charge is 0.240 e. The molecule has 0 radical (unpaired) electrons. The lowest BCUT2D eigenvalue weighted by Crippen LogP contribution is -2.48. The van der Waals surface area contributed by atoms with Gasteiger partial charge in [0.2, 0.25) is 5.91 Å². The number of likely N-dealkylation sites (tertiary alicyclic amines) is 1. The summed E-state index contributed by atoms with van der Waals surface area (Å²) in [7, 11) is 0. The fourth-order valence-electron chi connectivity index (χ4n) is 3.14. The lowest BCUT2D eigenvalue weighted by Gasteiger charge is -2.33. The number of nitrogens with one attached hydrogen (secondary N) is 1. The SMILES string of the molecule is CC1NC(C(C)C)N(CC(C)N2CCCC2)C1=O. The Morgan fingerprint density at radius 1 is 1.28 bits per heavy atom. The van der Waals surface area contributed by atoms with E-state index in [1.807, 2.05) is 6.92 Å². The van der Waals surface area contributed by atoms with Gasteiger partial charge in [0.25, 0.3) is 0 Å². The summed E-state index contributed by atoms with van der Waals surface area (Å²) in [6.07, 6.45) is 2.82. The van der Waals surface area contributed by atoms with E-state index in [4.69, 9.17) is 0 Å². The second-order valence-corrected chi connectivity index (χ2v) is 6.16. The monoisotopic (exact) mass is 253 g/mol. The lowest BCUT2D eigenvalue weighted by atomic mass is 10.1. The van der Waals surface area contributed by atoms with Crippen molar-refractivity contribution < 1.29 is 4.79 Å². The first-order chi connectivity index (χ1) is 8.50. The molecular formula is C14H27N3O. The first-order valence-corrected chi connectivity index (χ1v) is 7.31. The van der Waals surface area contributed by atoms with Crippen LogP contribution in [0.2, 0.25) is 0 Å². The van der Waals surface area contributed by atoms with Crippen LogP contribution < -0.4 is 5.32 Å².